The molecular formula is C18H17NO4S. The van der Waals surface area contributed by atoms with E-state index in [0.29, 0.717) is 11.3 Å². The van der Waals surface area contributed by atoms with Gasteiger partial charge in [-0.05, 0) is 35.4 Å². The summed E-state index contributed by atoms with van der Waals surface area (Å²) in [5.41, 5.74) is 1.87. The van der Waals surface area contributed by atoms with E-state index in [-0.39, 0.29) is 0 Å². The van der Waals surface area contributed by atoms with Gasteiger partial charge in [0.15, 0.2) is 0 Å². The molecule has 0 aliphatic rings. The van der Waals surface area contributed by atoms with Crippen LogP contribution in [0, 0.1) is 0 Å². The minimum Gasteiger partial charge on any atom is -0.466 e. The number of hydrogen-bond acceptors (Lipinski definition) is 4. The van der Waals surface area contributed by atoms with Crippen LogP contribution < -0.4 is 4.72 Å². The Labute approximate surface area is 141 Å². The molecule has 0 radical (unpaired) electrons. The second-order valence-electron chi connectivity index (χ2n) is 4.84. The molecule has 5 nitrogen and oxygen atoms in total. The van der Waals surface area contributed by atoms with Gasteiger partial charge in [0.25, 0.3) is 10.0 Å². The van der Waals surface area contributed by atoms with Crippen molar-refractivity contribution >= 4 is 33.8 Å². The van der Waals surface area contributed by atoms with Gasteiger partial charge < -0.3 is 4.74 Å². The molecule has 0 aliphatic heterocycles. The van der Waals surface area contributed by atoms with Crippen molar-refractivity contribution in [2.75, 3.05) is 11.8 Å². The number of methoxy groups -OCH3 is 1. The smallest absolute Gasteiger partial charge is 0.330 e. The molecule has 0 saturated carbocycles. The van der Waals surface area contributed by atoms with E-state index in [0.717, 1.165) is 11.0 Å². The number of sulfonamides is 1. The number of nitrogens with one attached hydrogen (secondary N) is 1. The van der Waals surface area contributed by atoms with Gasteiger partial charge in [-0.15, -0.1) is 0 Å². The Morgan fingerprint density at radius 1 is 1.00 bits per heavy atom. The van der Waals surface area contributed by atoms with Crippen LogP contribution in [-0.4, -0.2) is 21.5 Å². The number of hydrogen-bond donors (Lipinski definition) is 1. The lowest BCUT2D eigenvalue weighted by Gasteiger charge is -2.05. The average Bonchev–Trinajstić information content (AvgIpc) is 2.59. The number of carbonyl (C=O) groups excluding carboxylic acids is 1. The third-order valence-corrected chi connectivity index (χ3v) is 4.01. The predicted molar refractivity (Wildman–Crippen MR) is 95.5 cm³/mol. The SMILES string of the molecule is COC(=O)C=Cc1cccc(NS(=O)(=O)/C=C/c2ccccc2)c1. The summed E-state index contributed by atoms with van der Waals surface area (Å²) in [6.45, 7) is 0. The lowest BCUT2D eigenvalue weighted by molar-refractivity contribution is -0.134. The first-order valence-electron chi connectivity index (χ1n) is 7.10. The van der Waals surface area contributed by atoms with Gasteiger partial charge in [-0.25, -0.2) is 13.2 Å². The van der Waals surface area contributed by atoms with Crippen LogP contribution in [0.2, 0.25) is 0 Å². The quantitative estimate of drug-likeness (QED) is 0.645. The molecule has 0 fully saturated rings. The Hall–Kier alpha value is -2.86. The Balaban J connectivity index is 2.11. The van der Waals surface area contributed by atoms with E-state index in [1.54, 1.807) is 30.3 Å². The third-order valence-electron chi connectivity index (χ3n) is 3.00. The largest absolute Gasteiger partial charge is 0.466 e. The van der Waals surface area contributed by atoms with Crippen LogP contribution >= 0.6 is 0 Å². The predicted octanol–water partition coefficient (Wildman–Crippen LogP) is 3.29. The molecule has 2 aromatic rings. The van der Waals surface area contributed by atoms with Gasteiger partial charge in [-0.3, -0.25) is 4.72 Å². The van der Waals surface area contributed by atoms with Crippen molar-refractivity contribution in [3.05, 3.63) is 77.2 Å². The van der Waals surface area contributed by atoms with Crippen LogP contribution in [0.4, 0.5) is 5.69 Å². The van der Waals surface area contributed by atoms with E-state index in [4.69, 9.17) is 0 Å². The molecule has 1 N–H and O–H groups in total. The summed E-state index contributed by atoms with van der Waals surface area (Å²) >= 11 is 0. The van der Waals surface area contributed by atoms with Crippen LogP contribution in [0.1, 0.15) is 11.1 Å². The van der Waals surface area contributed by atoms with Crippen LogP contribution in [-0.2, 0) is 19.6 Å². The molecule has 124 valence electrons. The molecule has 0 saturated heterocycles. The highest BCUT2D eigenvalue weighted by Crippen LogP contribution is 2.15. The molecule has 24 heavy (non-hydrogen) atoms. The molecule has 0 spiro atoms. The highest BCUT2D eigenvalue weighted by Gasteiger charge is 2.05. The zero-order chi connectivity index (χ0) is 17.4. The standard InChI is InChI=1S/C18H17NO4S/c1-23-18(20)11-10-16-8-5-9-17(14-16)19-24(21,22)13-12-15-6-3-2-4-7-15/h2-14,19H,1H3/b11-10?,13-12+. The van der Waals surface area contributed by atoms with Gasteiger partial charge in [-0.1, -0.05) is 42.5 Å². The molecule has 0 aromatic heterocycles. The monoisotopic (exact) mass is 343 g/mol. The summed E-state index contributed by atoms with van der Waals surface area (Å²) in [5.74, 6) is -0.480. The van der Waals surface area contributed by atoms with E-state index in [9.17, 15) is 13.2 Å². The van der Waals surface area contributed by atoms with Gasteiger partial charge in [-0.2, -0.15) is 0 Å². The molecule has 2 rings (SSSR count). The second-order valence-corrected chi connectivity index (χ2v) is 6.41. The van der Waals surface area contributed by atoms with Gasteiger partial charge in [0.05, 0.1) is 12.5 Å². The van der Waals surface area contributed by atoms with Crippen molar-refractivity contribution in [1.29, 1.82) is 0 Å². The van der Waals surface area contributed by atoms with Crippen molar-refractivity contribution in [3.63, 3.8) is 0 Å². The maximum atomic E-state index is 12.1. The Morgan fingerprint density at radius 3 is 2.42 bits per heavy atom. The van der Waals surface area contributed by atoms with E-state index in [1.165, 1.54) is 19.3 Å². The number of anilines is 1. The zero-order valence-electron chi connectivity index (χ0n) is 13.0. The fourth-order valence-corrected chi connectivity index (χ4v) is 2.73. The summed E-state index contributed by atoms with van der Waals surface area (Å²) in [7, 11) is -2.34. The van der Waals surface area contributed by atoms with Crippen LogP contribution in [0.15, 0.2) is 66.1 Å². The number of rotatable bonds is 6. The van der Waals surface area contributed by atoms with Crippen molar-refractivity contribution in [1.82, 2.24) is 0 Å². The maximum absolute atomic E-state index is 12.1. The van der Waals surface area contributed by atoms with Gasteiger partial charge >= 0.3 is 5.97 Å². The molecule has 0 unspecified atom stereocenters. The van der Waals surface area contributed by atoms with Gasteiger partial charge in [0.1, 0.15) is 0 Å². The maximum Gasteiger partial charge on any atom is 0.330 e. The lowest BCUT2D eigenvalue weighted by Crippen LogP contribution is -2.08. The third kappa shape index (κ3) is 5.73. The van der Waals surface area contributed by atoms with Gasteiger partial charge in [0, 0.05) is 11.8 Å². The van der Waals surface area contributed by atoms with Crippen LogP contribution in [0.3, 0.4) is 0 Å². The number of benzene rings is 2. The summed E-state index contributed by atoms with van der Waals surface area (Å²) < 4.78 is 31.2. The zero-order valence-corrected chi connectivity index (χ0v) is 13.9. The van der Waals surface area contributed by atoms with Crippen molar-refractivity contribution < 1.29 is 17.9 Å². The summed E-state index contributed by atoms with van der Waals surface area (Å²) in [4.78, 5) is 11.1. The van der Waals surface area contributed by atoms with Gasteiger partial charge in [0.2, 0.25) is 0 Å². The molecule has 6 heteroatoms. The topological polar surface area (TPSA) is 72.5 Å². The molecule has 0 bridgehead atoms. The average molecular weight is 343 g/mol. The van der Waals surface area contributed by atoms with E-state index in [1.807, 2.05) is 30.3 Å². The normalized spacial score (nSPS) is 11.7. The minimum absolute atomic E-state index is 0.403. The Kier molecular flexibility index (Phi) is 5.92. The summed E-state index contributed by atoms with van der Waals surface area (Å²) in [6.07, 6.45) is 4.33. The molecule has 0 atom stereocenters. The van der Waals surface area contributed by atoms with E-state index >= 15 is 0 Å². The molecule has 0 amide bonds. The van der Waals surface area contributed by atoms with Crippen molar-refractivity contribution in [2.24, 2.45) is 0 Å². The molecule has 2 aromatic carbocycles. The first kappa shape index (κ1) is 17.5. The minimum atomic E-state index is -3.63. The first-order valence-corrected chi connectivity index (χ1v) is 8.65. The Morgan fingerprint density at radius 2 is 1.71 bits per heavy atom. The second kappa shape index (κ2) is 8.12. The number of esters is 1. The fraction of sp³-hybridized carbons (Fsp3) is 0.0556. The van der Waals surface area contributed by atoms with Crippen molar-refractivity contribution in [3.8, 4) is 0 Å². The highest BCUT2D eigenvalue weighted by molar-refractivity contribution is 7.95. The fourth-order valence-electron chi connectivity index (χ4n) is 1.87. The van der Waals surface area contributed by atoms with Crippen molar-refractivity contribution in [2.45, 2.75) is 0 Å². The lowest BCUT2D eigenvalue weighted by atomic mass is 10.2. The summed E-state index contributed by atoms with van der Waals surface area (Å²) in [5, 5.41) is 1.11. The summed E-state index contributed by atoms with van der Waals surface area (Å²) in [6, 6.07) is 15.8. The number of carbonyl (C=O) groups is 1. The van der Waals surface area contributed by atoms with E-state index < -0.39 is 16.0 Å². The van der Waals surface area contributed by atoms with E-state index in [2.05, 4.69) is 9.46 Å². The number of ether oxygens (including phenoxy) is 1. The van der Waals surface area contributed by atoms with Crippen LogP contribution in [0.25, 0.3) is 12.2 Å². The first-order chi connectivity index (χ1) is 11.5. The molecule has 0 heterocycles. The Bertz CT molecular complexity index is 856. The molecular weight excluding hydrogens is 326 g/mol. The highest BCUT2D eigenvalue weighted by atomic mass is 32.2. The van der Waals surface area contributed by atoms with Crippen LogP contribution in [0.5, 0.6) is 0 Å². The molecule has 0 aliphatic carbocycles.